The van der Waals surface area contributed by atoms with Gasteiger partial charge >= 0.3 is 0 Å². The largest absolute Gasteiger partial charge is 0.385 e. The van der Waals surface area contributed by atoms with Gasteiger partial charge in [-0.25, -0.2) is 0 Å². The Morgan fingerprint density at radius 1 is 1.00 bits per heavy atom. The lowest BCUT2D eigenvalue weighted by Crippen LogP contribution is -2.18. The molecule has 2 nitrogen and oxygen atoms in total. The van der Waals surface area contributed by atoms with Crippen LogP contribution in [0.1, 0.15) is 13.8 Å². The summed E-state index contributed by atoms with van der Waals surface area (Å²) in [7, 11) is 0. The zero-order valence-electron chi connectivity index (χ0n) is 6.20. The molecule has 0 aliphatic heterocycles. The van der Waals surface area contributed by atoms with Gasteiger partial charge in [0.2, 0.25) is 0 Å². The predicted octanol–water partition coefficient (Wildman–Crippen LogP) is 0.614. The van der Waals surface area contributed by atoms with Gasteiger partial charge in [0.15, 0.2) is 0 Å². The van der Waals surface area contributed by atoms with Crippen LogP contribution < -0.4 is 0 Å². The maximum Gasteiger partial charge on any atom is 0.0933 e. The SMILES string of the molecule is CC1=C(C)[C@@H](O)C=C[C@H]1O. The third-order valence-corrected chi connectivity index (χ3v) is 1.99. The van der Waals surface area contributed by atoms with Gasteiger partial charge in [-0.05, 0) is 25.0 Å². The Labute approximate surface area is 60.5 Å². The van der Waals surface area contributed by atoms with Crippen molar-refractivity contribution in [3.8, 4) is 0 Å². The fourth-order valence-electron chi connectivity index (χ4n) is 0.966. The van der Waals surface area contributed by atoms with E-state index in [0.29, 0.717) is 0 Å². The molecule has 10 heavy (non-hydrogen) atoms. The standard InChI is InChI=1S/C8H12O2/c1-5-6(2)8(10)4-3-7(5)9/h3-4,7-10H,1-2H3/t7-,8+. The summed E-state index contributed by atoms with van der Waals surface area (Å²) in [5.74, 6) is 0. The molecule has 0 radical (unpaired) electrons. The van der Waals surface area contributed by atoms with E-state index in [2.05, 4.69) is 0 Å². The third kappa shape index (κ3) is 1.13. The lowest BCUT2D eigenvalue weighted by Gasteiger charge is -2.19. The van der Waals surface area contributed by atoms with Crippen LogP contribution in [-0.4, -0.2) is 22.4 Å². The molecule has 0 saturated carbocycles. The average Bonchev–Trinajstić information content (AvgIpc) is 1.93. The van der Waals surface area contributed by atoms with Crippen LogP contribution in [0.15, 0.2) is 23.3 Å². The fourth-order valence-corrected chi connectivity index (χ4v) is 0.966. The van der Waals surface area contributed by atoms with E-state index in [1.165, 1.54) is 0 Å². The highest BCUT2D eigenvalue weighted by atomic mass is 16.3. The molecular formula is C8H12O2. The van der Waals surface area contributed by atoms with E-state index in [0.717, 1.165) is 11.1 Å². The van der Waals surface area contributed by atoms with Crippen molar-refractivity contribution >= 4 is 0 Å². The second-order valence-corrected chi connectivity index (χ2v) is 2.64. The minimum absolute atomic E-state index is 0.497. The van der Waals surface area contributed by atoms with Crippen molar-refractivity contribution < 1.29 is 10.2 Å². The molecule has 0 heterocycles. The predicted molar refractivity (Wildman–Crippen MR) is 39.5 cm³/mol. The monoisotopic (exact) mass is 140 g/mol. The maximum absolute atomic E-state index is 9.21. The maximum atomic E-state index is 9.21. The van der Waals surface area contributed by atoms with Crippen LogP contribution in [-0.2, 0) is 0 Å². The molecule has 0 spiro atoms. The number of aliphatic hydroxyl groups is 2. The van der Waals surface area contributed by atoms with E-state index in [9.17, 15) is 10.2 Å². The van der Waals surface area contributed by atoms with Crippen molar-refractivity contribution in [2.24, 2.45) is 0 Å². The molecular weight excluding hydrogens is 128 g/mol. The first-order valence-corrected chi connectivity index (χ1v) is 3.34. The first-order valence-electron chi connectivity index (χ1n) is 3.34. The molecule has 2 N–H and O–H groups in total. The van der Waals surface area contributed by atoms with Gasteiger partial charge in [0.05, 0.1) is 12.2 Å². The van der Waals surface area contributed by atoms with Crippen molar-refractivity contribution in [2.75, 3.05) is 0 Å². The van der Waals surface area contributed by atoms with Gasteiger partial charge in [0, 0.05) is 0 Å². The van der Waals surface area contributed by atoms with Gasteiger partial charge in [-0.1, -0.05) is 12.2 Å². The highest BCUT2D eigenvalue weighted by Crippen LogP contribution is 2.18. The van der Waals surface area contributed by atoms with Crippen LogP contribution in [0.5, 0.6) is 0 Å². The Morgan fingerprint density at radius 3 is 1.60 bits per heavy atom. The van der Waals surface area contributed by atoms with E-state index in [1.807, 2.05) is 13.8 Å². The first-order chi connectivity index (χ1) is 4.63. The molecule has 1 aliphatic carbocycles. The van der Waals surface area contributed by atoms with Crippen LogP contribution in [0.25, 0.3) is 0 Å². The summed E-state index contributed by atoms with van der Waals surface area (Å²) >= 11 is 0. The molecule has 1 aliphatic rings. The van der Waals surface area contributed by atoms with Crippen LogP contribution in [0.3, 0.4) is 0 Å². The first kappa shape index (κ1) is 7.51. The normalized spacial score (nSPS) is 33.2. The topological polar surface area (TPSA) is 40.5 Å². The lowest BCUT2D eigenvalue weighted by molar-refractivity contribution is 0.221. The molecule has 0 bridgehead atoms. The second-order valence-electron chi connectivity index (χ2n) is 2.64. The van der Waals surface area contributed by atoms with Gasteiger partial charge in [0.25, 0.3) is 0 Å². The average molecular weight is 140 g/mol. The summed E-state index contributed by atoms with van der Waals surface area (Å²) in [4.78, 5) is 0. The molecule has 0 fully saturated rings. The highest BCUT2D eigenvalue weighted by Gasteiger charge is 2.15. The molecule has 0 amide bonds. The second kappa shape index (κ2) is 2.56. The fraction of sp³-hybridized carbons (Fsp3) is 0.500. The summed E-state index contributed by atoms with van der Waals surface area (Å²) < 4.78 is 0. The minimum Gasteiger partial charge on any atom is -0.385 e. The molecule has 0 saturated heterocycles. The van der Waals surface area contributed by atoms with Gasteiger partial charge in [-0.2, -0.15) is 0 Å². The molecule has 2 heteroatoms. The summed E-state index contributed by atoms with van der Waals surface area (Å²) in [5, 5.41) is 18.4. The Bertz CT molecular complexity index is 171. The Morgan fingerprint density at radius 2 is 1.30 bits per heavy atom. The van der Waals surface area contributed by atoms with E-state index in [4.69, 9.17) is 0 Å². The molecule has 56 valence electrons. The summed E-state index contributed by atoms with van der Waals surface area (Å²) in [6.45, 7) is 3.65. The molecule has 2 atom stereocenters. The van der Waals surface area contributed by atoms with E-state index in [1.54, 1.807) is 12.2 Å². The number of rotatable bonds is 0. The van der Waals surface area contributed by atoms with Crippen LogP contribution in [0, 0.1) is 0 Å². The Kier molecular flexibility index (Phi) is 1.92. The van der Waals surface area contributed by atoms with E-state index >= 15 is 0 Å². The van der Waals surface area contributed by atoms with Crippen molar-refractivity contribution in [2.45, 2.75) is 26.1 Å². The van der Waals surface area contributed by atoms with Gasteiger partial charge in [-0.3, -0.25) is 0 Å². The molecule has 0 aromatic rings. The van der Waals surface area contributed by atoms with Crippen LogP contribution in [0.4, 0.5) is 0 Å². The minimum atomic E-state index is -0.497. The van der Waals surface area contributed by atoms with Gasteiger partial charge in [0.1, 0.15) is 0 Å². The van der Waals surface area contributed by atoms with Crippen LogP contribution >= 0.6 is 0 Å². The molecule has 0 aromatic heterocycles. The van der Waals surface area contributed by atoms with Gasteiger partial charge in [-0.15, -0.1) is 0 Å². The quantitative estimate of drug-likeness (QED) is 0.484. The smallest absolute Gasteiger partial charge is 0.0933 e. The summed E-state index contributed by atoms with van der Waals surface area (Å²) in [5.41, 5.74) is 1.71. The van der Waals surface area contributed by atoms with Gasteiger partial charge < -0.3 is 10.2 Å². The molecule has 1 rings (SSSR count). The Balaban J connectivity index is 2.88. The van der Waals surface area contributed by atoms with Crippen molar-refractivity contribution in [1.29, 1.82) is 0 Å². The zero-order chi connectivity index (χ0) is 7.72. The number of hydrogen-bond acceptors (Lipinski definition) is 2. The van der Waals surface area contributed by atoms with Crippen molar-refractivity contribution in [3.63, 3.8) is 0 Å². The van der Waals surface area contributed by atoms with E-state index in [-0.39, 0.29) is 0 Å². The number of aliphatic hydroxyl groups excluding tert-OH is 2. The summed E-state index contributed by atoms with van der Waals surface area (Å²) in [6, 6.07) is 0. The van der Waals surface area contributed by atoms with E-state index < -0.39 is 12.2 Å². The lowest BCUT2D eigenvalue weighted by atomic mass is 9.95. The van der Waals surface area contributed by atoms with Crippen molar-refractivity contribution in [1.82, 2.24) is 0 Å². The zero-order valence-corrected chi connectivity index (χ0v) is 6.20. The van der Waals surface area contributed by atoms with Crippen molar-refractivity contribution in [3.05, 3.63) is 23.3 Å². The number of hydrogen-bond donors (Lipinski definition) is 2. The van der Waals surface area contributed by atoms with Crippen LogP contribution in [0.2, 0.25) is 0 Å². The summed E-state index contributed by atoms with van der Waals surface area (Å²) in [6.07, 6.45) is 2.21. The molecule has 0 aromatic carbocycles. The Hall–Kier alpha value is -0.600. The highest BCUT2D eigenvalue weighted by molar-refractivity contribution is 5.30. The third-order valence-electron chi connectivity index (χ3n) is 1.99. The molecule has 0 unspecified atom stereocenters.